The zero-order chi connectivity index (χ0) is 16.2. The first kappa shape index (κ1) is 24.6. The third-order valence-corrected chi connectivity index (χ3v) is 10.8. The molecule has 0 aliphatic heterocycles. The minimum atomic E-state index is -2.98. The van der Waals surface area contributed by atoms with Crippen LogP contribution in [0.5, 0.6) is 0 Å². The fraction of sp³-hybridized carbons (Fsp3) is 0.167. The van der Waals surface area contributed by atoms with Crippen LogP contribution in [0.25, 0.3) is 0 Å². The van der Waals surface area contributed by atoms with Crippen LogP contribution >= 0.6 is 29.4 Å². The summed E-state index contributed by atoms with van der Waals surface area (Å²) in [6.07, 6.45) is 0.0481. The molecule has 0 atom stereocenters. The Balaban J connectivity index is 0.00000264. The van der Waals surface area contributed by atoms with Gasteiger partial charge in [-0.3, -0.25) is 0 Å². The SMILES string of the molecule is [Au+].[Au+].[CH2-]P([CH2-])(SC(=S)OC(C)C)(c1ccccc1)c1ccccc1. The molecule has 0 saturated heterocycles. The van der Waals surface area contributed by atoms with Gasteiger partial charge in [-0.2, -0.15) is 0 Å². The van der Waals surface area contributed by atoms with Gasteiger partial charge in [0.25, 0.3) is 0 Å². The molecule has 0 unspecified atom stereocenters. The summed E-state index contributed by atoms with van der Waals surface area (Å²) in [5.74, 6) is -2.98. The molecule has 0 aliphatic carbocycles. The van der Waals surface area contributed by atoms with Gasteiger partial charge in [-0.15, -0.1) is 0 Å². The van der Waals surface area contributed by atoms with Gasteiger partial charge in [0.2, 0.25) is 0 Å². The van der Waals surface area contributed by atoms with Gasteiger partial charge in [0, 0.05) is 0 Å². The molecule has 0 aliphatic rings. The average Bonchev–Trinajstić information content (AvgIpc) is 2.48. The van der Waals surface area contributed by atoms with E-state index in [4.69, 9.17) is 17.0 Å². The quantitative estimate of drug-likeness (QED) is 0.187. The predicted octanol–water partition coefficient (Wildman–Crippen LogP) is 5.13. The summed E-state index contributed by atoms with van der Waals surface area (Å²) in [4.78, 5) is 0. The molecule has 0 radical (unpaired) electrons. The molecule has 0 N–H and O–H groups in total. The second-order valence-corrected chi connectivity index (χ2v) is 13.8. The van der Waals surface area contributed by atoms with Crippen molar-refractivity contribution in [2.45, 2.75) is 20.0 Å². The van der Waals surface area contributed by atoms with Gasteiger partial charge in [-0.1, -0.05) is 0 Å². The van der Waals surface area contributed by atoms with Gasteiger partial charge >= 0.3 is 188 Å². The van der Waals surface area contributed by atoms with E-state index in [1.165, 1.54) is 11.4 Å². The maximum atomic E-state index is 5.70. The summed E-state index contributed by atoms with van der Waals surface area (Å²) in [5.41, 5.74) is 0. The average molecular weight is 742 g/mol. The van der Waals surface area contributed by atoms with Crippen LogP contribution in [0.1, 0.15) is 13.8 Å². The van der Waals surface area contributed by atoms with E-state index < -0.39 is 5.81 Å². The molecular weight excluding hydrogens is 721 g/mol. The van der Waals surface area contributed by atoms with E-state index in [2.05, 4.69) is 37.6 Å². The number of thiocarbonyl (C=S) groups is 1. The summed E-state index contributed by atoms with van der Waals surface area (Å²) in [6, 6.07) is 20.4. The van der Waals surface area contributed by atoms with Crippen molar-refractivity contribution in [3.8, 4) is 0 Å². The molecule has 24 heavy (non-hydrogen) atoms. The van der Waals surface area contributed by atoms with Crippen LogP contribution in [0.3, 0.4) is 0 Å². The molecule has 2 aromatic carbocycles. The first-order valence-corrected chi connectivity index (χ1v) is 11.5. The Morgan fingerprint density at radius 3 is 1.62 bits per heavy atom. The molecule has 2 rings (SSSR count). The second-order valence-electron chi connectivity index (χ2n) is 5.59. The molecule has 6 heteroatoms. The van der Waals surface area contributed by atoms with Crippen molar-refractivity contribution in [3.63, 3.8) is 0 Å². The third kappa shape index (κ3) is 5.81. The van der Waals surface area contributed by atoms with Gasteiger partial charge < -0.3 is 0 Å². The van der Waals surface area contributed by atoms with Crippen LogP contribution in [0.15, 0.2) is 60.7 Å². The van der Waals surface area contributed by atoms with E-state index in [9.17, 15) is 0 Å². The van der Waals surface area contributed by atoms with Crippen LogP contribution in [-0.4, -0.2) is 10.5 Å². The Labute approximate surface area is 186 Å². The predicted molar refractivity (Wildman–Crippen MR) is 106 cm³/mol. The van der Waals surface area contributed by atoms with Crippen molar-refractivity contribution in [1.29, 1.82) is 0 Å². The van der Waals surface area contributed by atoms with Crippen molar-refractivity contribution in [2.24, 2.45) is 0 Å². The minimum absolute atomic E-state index is 0. The molecule has 0 bridgehead atoms. The Bertz CT molecular complexity index is 605. The zero-order valence-corrected chi connectivity index (χ0v) is 20.4. The van der Waals surface area contributed by atoms with E-state index in [0.29, 0.717) is 4.38 Å². The van der Waals surface area contributed by atoms with Crippen molar-refractivity contribution >= 4 is 44.4 Å². The van der Waals surface area contributed by atoms with E-state index >= 15 is 0 Å². The third-order valence-electron chi connectivity index (χ3n) is 3.34. The number of hydrogen-bond donors (Lipinski definition) is 0. The first-order chi connectivity index (χ1) is 10.3. The van der Waals surface area contributed by atoms with E-state index in [1.54, 1.807) is 0 Å². The zero-order valence-electron chi connectivity index (χ0n) is 13.5. The van der Waals surface area contributed by atoms with Crippen molar-refractivity contribution < 1.29 is 49.5 Å². The van der Waals surface area contributed by atoms with Crippen LogP contribution in [0.4, 0.5) is 0 Å². The Morgan fingerprint density at radius 1 is 0.917 bits per heavy atom. The van der Waals surface area contributed by atoms with E-state index in [0.717, 1.165) is 10.6 Å². The Morgan fingerprint density at radius 2 is 1.29 bits per heavy atom. The van der Waals surface area contributed by atoms with Crippen LogP contribution in [0.2, 0.25) is 0 Å². The Hall–Kier alpha value is 0.591. The standard InChI is InChI=1S/C18H21OPS2.2Au/c1-15(2)19-18(21)22-20(3,4,16-11-7-5-8-12-16)17-13-9-6-10-14-17;;/h5-15H,3-4H2,1-2H3;;/q-2;2*+1. The summed E-state index contributed by atoms with van der Waals surface area (Å²) in [7, 11) is 0. The maximum absolute atomic E-state index is 5.70. The monoisotopic (exact) mass is 742 g/mol. The molecule has 2 aromatic rings. The van der Waals surface area contributed by atoms with Gasteiger partial charge in [0.1, 0.15) is 0 Å². The van der Waals surface area contributed by atoms with Crippen molar-refractivity contribution in [1.82, 2.24) is 0 Å². The van der Waals surface area contributed by atoms with Crippen molar-refractivity contribution in [2.75, 3.05) is 0 Å². The summed E-state index contributed by atoms with van der Waals surface area (Å²) in [6.45, 7) is 13.2. The van der Waals surface area contributed by atoms with Crippen molar-refractivity contribution in [3.05, 3.63) is 74.0 Å². The fourth-order valence-electron chi connectivity index (χ4n) is 2.20. The molecular formula is C18H21Au2OPS2. The van der Waals surface area contributed by atoms with Gasteiger partial charge in [0.15, 0.2) is 0 Å². The van der Waals surface area contributed by atoms with E-state index in [-0.39, 0.29) is 50.9 Å². The van der Waals surface area contributed by atoms with Crippen LogP contribution in [-0.2, 0) is 49.5 Å². The molecule has 138 valence electrons. The molecule has 1 nitrogen and oxygen atoms in total. The summed E-state index contributed by atoms with van der Waals surface area (Å²) < 4.78 is 6.21. The summed E-state index contributed by atoms with van der Waals surface area (Å²) in [5, 5.41) is 2.22. The molecule has 0 spiro atoms. The van der Waals surface area contributed by atoms with Crippen LogP contribution in [0, 0.1) is 13.3 Å². The van der Waals surface area contributed by atoms with Gasteiger partial charge in [-0.25, -0.2) is 0 Å². The van der Waals surface area contributed by atoms with Gasteiger partial charge in [0.05, 0.1) is 0 Å². The fourth-order valence-corrected chi connectivity index (χ4v) is 9.41. The number of ether oxygens (including phenoxy) is 1. The topological polar surface area (TPSA) is 9.23 Å². The molecule has 0 saturated carbocycles. The number of rotatable bonds is 4. The van der Waals surface area contributed by atoms with Gasteiger partial charge in [-0.05, 0) is 0 Å². The molecule has 0 fully saturated rings. The number of benzene rings is 2. The molecule has 0 heterocycles. The first-order valence-electron chi connectivity index (χ1n) is 7.09. The normalized spacial score (nSPS) is 12.3. The van der Waals surface area contributed by atoms with E-state index in [1.807, 2.05) is 50.2 Å². The molecule has 0 aromatic heterocycles. The number of hydrogen-bond acceptors (Lipinski definition) is 3. The van der Waals surface area contributed by atoms with Crippen LogP contribution < -0.4 is 10.6 Å². The Kier molecular flexibility index (Phi) is 10.3. The molecule has 0 amide bonds. The summed E-state index contributed by atoms with van der Waals surface area (Å²) >= 11 is 6.95. The second kappa shape index (κ2) is 10.1.